The maximum absolute atomic E-state index is 13.4. The summed E-state index contributed by atoms with van der Waals surface area (Å²) in [5, 5.41) is 3.30. The molecule has 3 nitrogen and oxygen atoms in total. The largest absolute Gasteiger partial charge is 0.483 e. The molecule has 1 aromatic carbocycles. The number of ether oxygens (including phenoxy) is 1. The number of halogens is 1. The molecule has 4 heteroatoms. The SMILES string of the molecule is Cc1cc(COc2ccccc2F)oc1CNC(C)C. The number of benzene rings is 1. The van der Waals surface area contributed by atoms with Crippen molar-refractivity contribution in [2.75, 3.05) is 0 Å². The van der Waals surface area contributed by atoms with E-state index in [1.807, 2.05) is 13.0 Å². The fourth-order valence-corrected chi connectivity index (χ4v) is 1.84. The van der Waals surface area contributed by atoms with Gasteiger partial charge in [-0.3, -0.25) is 0 Å². The first-order valence-electron chi connectivity index (χ1n) is 6.75. The summed E-state index contributed by atoms with van der Waals surface area (Å²) in [5.41, 5.74) is 1.07. The average molecular weight is 277 g/mol. The molecule has 108 valence electrons. The Labute approximate surface area is 118 Å². The first-order chi connectivity index (χ1) is 9.56. The van der Waals surface area contributed by atoms with Gasteiger partial charge in [0.2, 0.25) is 0 Å². The number of furan rings is 1. The van der Waals surface area contributed by atoms with Gasteiger partial charge in [0, 0.05) is 6.04 Å². The van der Waals surface area contributed by atoms with Crippen molar-refractivity contribution in [1.82, 2.24) is 5.32 Å². The minimum atomic E-state index is -0.363. The van der Waals surface area contributed by atoms with Crippen LogP contribution in [-0.4, -0.2) is 6.04 Å². The highest BCUT2D eigenvalue weighted by molar-refractivity contribution is 5.24. The molecule has 0 aliphatic rings. The third-order valence-corrected chi connectivity index (χ3v) is 2.95. The Hall–Kier alpha value is -1.81. The summed E-state index contributed by atoms with van der Waals surface area (Å²) in [6, 6.07) is 8.68. The molecule has 1 N–H and O–H groups in total. The van der Waals surface area contributed by atoms with Crippen molar-refractivity contribution in [2.45, 2.75) is 40.0 Å². The highest BCUT2D eigenvalue weighted by atomic mass is 19.1. The van der Waals surface area contributed by atoms with Gasteiger partial charge >= 0.3 is 0 Å². The number of hydrogen-bond donors (Lipinski definition) is 1. The second-order valence-corrected chi connectivity index (χ2v) is 5.07. The molecule has 1 aromatic heterocycles. The molecule has 0 spiro atoms. The summed E-state index contributed by atoms with van der Waals surface area (Å²) in [5.74, 6) is 1.47. The van der Waals surface area contributed by atoms with E-state index in [0.717, 1.165) is 11.3 Å². The fourth-order valence-electron chi connectivity index (χ4n) is 1.84. The second-order valence-electron chi connectivity index (χ2n) is 5.07. The molecule has 0 aliphatic heterocycles. The lowest BCUT2D eigenvalue weighted by Crippen LogP contribution is -2.21. The van der Waals surface area contributed by atoms with Crippen LogP contribution in [0.1, 0.15) is 30.9 Å². The van der Waals surface area contributed by atoms with E-state index in [1.54, 1.807) is 18.2 Å². The topological polar surface area (TPSA) is 34.4 Å². The number of aryl methyl sites for hydroxylation is 1. The molecule has 0 atom stereocenters. The Morgan fingerprint density at radius 2 is 2.05 bits per heavy atom. The van der Waals surface area contributed by atoms with Crippen molar-refractivity contribution in [3.63, 3.8) is 0 Å². The molecule has 0 radical (unpaired) electrons. The van der Waals surface area contributed by atoms with E-state index >= 15 is 0 Å². The molecule has 0 fully saturated rings. The van der Waals surface area contributed by atoms with Crippen molar-refractivity contribution in [2.24, 2.45) is 0 Å². The zero-order chi connectivity index (χ0) is 14.5. The highest BCUT2D eigenvalue weighted by Gasteiger charge is 2.09. The highest BCUT2D eigenvalue weighted by Crippen LogP contribution is 2.20. The number of nitrogens with one attached hydrogen (secondary N) is 1. The van der Waals surface area contributed by atoms with Crippen molar-refractivity contribution >= 4 is 0 Å². The van der Waals surface area contributed by atoms with Crippen LogP contribution in [0, 0.1) is 12.7 Å². The van der Waals surface area contributed by atoms with E-state index in [-0.39, 0.29) is 18.2 Å². The van der Waals surface area contributed by atoms with Gasteiger partial charge in [0.25, 0.3) is 0 Å². The van der Waals surface area contributed by atoms with Gasteiger partial charge in [-0.05, 0) is 30.7 Å². The maximum atomic E-state index is 13.4. The second kappa shape index (κ2) is 6.57. The van der Waals surface area contributed by atoms with Crippen LogP contribution in [0.2, 0.25) is 0 Å². The first-order valence-corrected chi connectivity index (χ1v) is 6.75. The summed E-state index contributed by atoms with van der Waals surface area (Å²) < 4.78 is 24.6. The molecule has 0 unspecified atom stereocenters. The fraction of sp³-hybridized carbons (Fsp3) is 0.375. The van der Waals surface area contributed by atoms with Crippen LogP contribution < -0.4 is 10.1 Å². The zero-order valence-corrected chi connectivity index (χ0v) is 12.1. The van der Waals surface area contributed by atoms with Gasteiger partial charge in [-0.25, -0.2) is 4.39 Å². The van der Waals surface area contributed by atoms with Crippen molar-refractivity contribution in [3.8, 4) is 5.75 Å². The molecule has 0 amide bonds. The van der Waals surface area contributed by atoms with Crippen LogP contribution in [0.4, 0.5) is 4.39 Å². The van der Waals surface area contributed by atoms with Crippen LogP contribution in [0.3, 0.4) is 0 Å². The number of rotatable bonds is 6. The van der Waals surface area contributed by atoms with Gasteiger partial charge in [0.1, 0.15) is 18.1 Å². The van der Waals surface area contributed by atoms with Gasteiger partial charge in [-0.2, -0.15) is 0 Å². The lowest BCUT2D eigenvalue weighted by molar-refractivity contribution is 0.254. The van der Waals surface area contributed by atoms with E-state index in [2.05, 4.69) is 19.2 Å². The predicted octanol–water partition coefficient (Wildman–Crippen LogP) is 3.80. The smallest absolute Gasteiger partial charge is 0.165 e. The van der Waals surface area contributed by atoms with Gasteiger partial charge in [0.15, 0.2) is 11.6 Å². The Bertz CT molecular complexity index is 563. The maximum Gasteiger partial charge on any atom is 0.165 e. The molecule has 2 rings (SSSR count). The molecule has 0 bridgehead atoms. The quantitative estimate of drug-likeness (QED) is 0.872. The summed E-state index contributed by atoms with van der Waals surface area (Å²) in [6.07, 6.45) is 0. The Morgan fingerprint density at radius 1 is 1.30 bits per heavy atom. The predicted molar refractivity (Wildman–Crippen MR) is 76.2 cm³/mol. The van der Waals surface area contributed by atoms with Crippen molar-refractivity contribution in [1.29, 1.82) is 0 Å². The van der Waals surface area contributed by atoms with Crippen molar-refractivity contribution in [3.05, 3.63) is 53.2 Å². The zero-order valence-electron chi connectivity index (χ0n) is 12.1. The van der Waals surface area contributed by atoms with E-state index in [4.69, 9.17) is 9.15 Å². The summed E-state index contributed by atoms with van der Waals surface area (Å²) in [4.78, 5) is 0. The lowest BCUT2D eigenvalue weighted by Gasteiger charge is -2.06. The van der Waals surface area contributed by atoms with Crippen LogP contribution in [-0.2, 0) is 13.2 Å². The van der Waals surface area contributed by atoms with Crippen LogP contribution in [0.25, 0.3) is 0 Å². The lowest BCUT2D eigenvalue weighted by atomic mass is 10.2. The Kier molecular flexibility index (Phi) is 4.79. The van der Waals surface area contributed by atoms with E-state index in [9.17, 15) is 4.39 Å². The third kappa shape index (κ3) is 3.84. The van der Waals surface area contributed by atoms with Crippen molar-refractivity contribution < 1.29 is 13.5 Å². The molecule has 0 aliphatic carbocycles. The van der Waals surface area contributed by atoms with Crippen LogP contribution >= 0.6 is 0 Å². The van der Waals surface area contributed by atoms with Crippen LogP contribution in [0.15, 0.2) is 34.7 Å². The normalized spacial score (nSPS) is 11.1. The Morgan fingerprint density at radius 3 is 2.75 bits per heavy atom. The minimum Gasteiger partial charge on any atom is -0.483 e. The van der Waals surface area contributed by atoms with Gasteiger partial charge in [-0.15, -0.1) is 0 Å². The van der Waals surface area contributed by atoms with Gasteiger partial charge < -0.3 is 14.5 Å². The van der Waals surface area contributed by atoms with E-state index in [1.165, 1.54) is 6.07 Å². The molecule has 20 heavy (non-hydrogen) atoms. The van der Waals surface area contributed by atoms with Gasteiger partial charge in [0.05, 0.1) is 6.54 Å². The van der Waals surface area contributed by atoms with Crippen LogP contribution in [0.5, 0.6) is 5.75 Å². The number of hydrogen-bond acceptors (Lipinski definition) is 3. The van der Waals surface area contributed by atoms with E-state index < -0.39 is 0 Å². The van der Waals surface area contributed by atoms with Gasteiger partial charge in [-0.1, -0.05) is 26.0 Å². The summed E-state index contributed by atoms with van der Waals surface area (Å²) in [6.45, 7) is 7.07. The number of para-hydroxylation sites is 1. The molecule has 1 heterocycles. The first kappa shape index (κ1) is 14.6. The molecule has 2 aromatic rings. The minimum absolute atomic E-state index is 0.226. The molecule has 0 saturated heterocycles. The summed E-state index contributed by atoms with van der Waals surface area (Å²) >= 11 is 0. The molecule has 0 saturated carbocycles. The molecular weight excluding hydrogens is 257 g/mol. The average Bonchev–Trinajstić information content (AvgIpc) is 2.76. The Balaban J connectivity index is 1.97. The standard InChI is InChI=1S/C16H20FNO2/c1-11(2)18-9-16-12(3)8-13(20-16)10-19-15-7-5-4-6-14(15)17/h4-8,11,18H,9-10H2,1-3H3. The monoisotopic (exact) mass is 277 g/mol. The summed E-state index contributed by atoms with van der Waals surface area (Å²) in [7, 11) is 0. The molecular formula is C16H20FNO2. The van der Waals surface area contributed by atoms with E-state index in [0.29, 0.717) is 18.3 Å². The third-order valence-electron chi connectivity index (χ3n) is 2.95.